The summed E-state index contributed by atoms with van der Waals surface area (Å²) in [7, 11) is -2.36. The molecule has 0 bridgehead atoms. The molecule has 3 aliphatic rings. The second-order valence-electron chi connectivity index (χ2n) is 15.9. The second-order valence-corrected chi connectivity index (χ2v) is 17.9. The number of benzene rings is 1. The van der Waals surface area contributed by atoms with E-state index in [0.29, 0.717) is 24.0 Å². The first-order valence-electron chi connectivity index (χ1n) is 17.7. The van der Waals surface area contributed by atoms with Crippen molar-refractivity contribution in [3.63, 3.8) is 0 Å². The van der Waals surface area contributed by atoms with Crippen LogP contribution in [-0.2, 0) is 33.9 Å². The maximum Gasteiger partial charge on any atom is 0.408 e. The summed E-state index contributed by atoms with van der Waals surface area (Å²) in [6.07, 6.45) is 1.56. The largest absolute Gasteiger partial charge is 0.497 e. The topological polar surface area (TPSA) is 192 Å². The quantitative estimate of drug-likeness (QED) is 0.254. The van der Waals surface area contributed by atoms with Crippen molar-refractivity contribution in [2.75, 3.05) is 13.7 Å². The van der Waals surface area contributed by atoms with Crippen molar-refractivity contribution < 1.29 is 46.5 Å². The SMILES string of the molecule is C=C[C@@H]1C[C@]1(NC(=O)[C@@H]1C[C@@H](Oc2nccc3cc(OC)ccc23)CN1C(=O)C(NC(=O)OC(C)(C)C)[C@H](C)OC(C)(C)C)C(=O)NS(=O)(=O)C1CC1. The fraction of sp³-hybridized carbons (Fsp3) is 0.595. The molecule has 53 heavy (non-hydrogen) atoms. The van der Waals surface area contributed by atoms with Gasteiger partial charge >= 0.3 is 6.09 Å². The predicted octanol–water partition coefficient (Wildman–Crippen LogP) is 3.36. The Kier molecular flexibility index (Phi) is 11.1. The Morgan fingerprint density at radius 2 is 1.77 bits per heavy atom. The van der Waals surface area contributed by atoms with Gasteiger partial charge in [0.05, 0.1) is 30.6 Å². The van der Waals surface area contributed by atoms with Crippen molar-refractivity contribution in [1.29, 1.82) is 0 Å². The summed E-state index contributed by atoms with van der Waals surface area (Å²) in [6.45, 7) is 15.8. The van der Waals surface area contributed by atoms with Crippen LogP contribution >= 0.6 is 0 Å². The fourth-order valence-electron chi connectivity index (χ4n) is 6.52. The molecule has 0 radical (unpaired) electrons. The number of methoxy groups -OCH3 is 1. The molecule has 1 saturated heterocycles. The zero-order valence-corrected chi connectivity index (χ0v) is 32.4. The van der Waals surface area contributed by atoms with Gasteiger partial charge in [0, 0.05) is 23.9 Å². The number of hydrogen-bond donors (Lipinski definition) is 3. The Labute approximate surface area is 310 Å². The molecule has 2 aliphatic carbocycles. The number of sulfonamides is 1. The molecule has 6 atom stereocenters. The molecule has 1 aromatic carbocycles. The van der Waals surface area contributed by atoms with Crippen molar-refractivity contribution in [3.05, 3.63) is 43.1 Å². The van der Waals surface area contributed by atoms with Gasteiger partial charge in [-0.3, -0.25) is 19.1 Å². The first-order chi connectivity index (χ1) is 24.7. The van der Waals surface area contributed by atoms with Gasteiger partial charge in [0.2, 0.25) is 27.7 Å². The van der Waals surface area contributed by atoms with Gasteiger partial charge in [0.25, 0.3) is 5.91 Å². The average Bonchev–Trinajstić information content (AvgIpc) is 3.98. The molecule has 1 unspecified atom stereocenters. The minimum atomic E-state index is -3.92. The second kappa shape index (κ2) is 14.8. The molecule has 4 amide bonds. The van der Waals surface area contributed by atoms with E-state index < -0.39 is 86.0 Å². The zero-order valence-electron chi connectivity index (χ0n) is 31.6. The first kappa shape index (κ1) is 39.8. The van der Waals surface area contributed by atoms with Gasteiger partial charge in [-0.2, -0.15) is 0 Å². The smallest absolute Gasteiger partial charge is 0.408 e. The van der Waals surface area contributed by atoms with Gasteiger partial charge < -0.3 is 34.5 Å². The summed E-state index contributed by atoms with van der Waals surface area (Å²) in [4.78, 5) is 61.2. The number of alkyl carbamates (subject to hydrolysis) is 1. The Bertz CT molecular complexity index is 1870. The van der Waals surface area contributed by atoms with Crippen molar-refractivity contribution in [2.24, 2.45) is 5.92 Å². The number of fused-ring (bicyclic) bond motifs is 1. The molecule has 290 valence electrons. The highest BCUT2D eigenvalue weighted by atomic mass is 32.2. The maximum absolute atomic E-state index is 14.6. The van der Waals surface area contributed by atoms with E-state index in [2.05, 4.69) is 26.9 Å². The number of nitrogens with one attached hydrogen (secondary N) is 3. The number of pyridine rings is 1. The number of likely N-dealkylation sites (tertiary alicyclic amines) is 1. The van der Waals surface area contributed by atoms with E-state index in [1.807, 2.05) is 6.07 Å². The van der Waals surface area contributed by atoms with E-state index in [1.54, 1.807) is 80.0 Å². The lowest BCUT2D eigenvalue weighted by molar-refractivity contribution is -0.146. The van der Waals surface area contributed by atoms with Gasteiger partial charge in [0.15, 0.2) is 0 Å². The summed E-state index contributed by atoms with van der Waals surface area (Å²) in [6, 6.07) is 4.68. The van der Waals surface area contributed by atoms with E-state index in [4.69, 9.17) is 18.9 Å². The maximum atomic E-state index is 14.6. The molecule has 5 rings (SSSR count). The number of carbonyl (C=O) groups is 4. The molecule has 3 N–H and O–H groups in total. The highest BCUT2D eigenvalue weighted by Crippen LogP contribution is 2.45. The van der Waals surface area contributed by atoms with Gasteiger partial charge in [-0.15, -0.1) is 6.58 Å². The molecular weight excluding hydrogens is 706 g/mol. The Hall–Kier alpha value is -4.44. The highest BCUT2D eigenvalue weighted by Gasteiger charge is 2.62. The van der Waals surface area contributed by atoms with E-state index in [-0.39, 0.29) is 25.3 Å². The van der Waals surface area contributed by atoms with Crippen molar-refractivity contribution >= 4 is 44.6 Å². The monoisotopic (exact) mass is 757 g/mol. The predicted molar refractivity (Wildman–Crippen MR) is 196 cm³/mol. The van der Waals surface area contributed by atoms with Gasteiger partial charge in [-0.1, -0.05) is 6.08 Å². The number of ether oxygens (including phenoxy) is 4. The molecule has 2 saturated carbocycles. The summed E-state index contributed by atoms with van der Waals surface area (Å²) in [5.41, 5.74) is -3.17. The first-order valence-corrected chi connectivity index (χ1v) is 19.3. The Balaban J connectivity index is 1.47. The highest BCUT2D eigenvalue weighted by molar-refractivity contribution is 7.91. The standard InChI is InChI=1S/C37H51N5O10S/c1-10-23-19-37(23,33(45)41-53(47,48)26-12-13-26)40-30(43)28-18-25(50-31-27-14-11-24(49-9)17-22(27)15-16-38-31)20-42(28)32(44)29(21(2)51-35(3,4)5)39-34(46)52-36(6,7)8/h10-11,14-17,21,23,25-26,28-29H,1,12-13,18-20H2,2-9H3,(H,39,46)(H,40,43)(H,41,45)/t21-,23+,25+,28-,29?,37+/m0/s1. The number of carbonyl (C=O) groups excluding carboxylic acids is 4. The molecule has 1 aromatic heterocycles. The van der Waals surface area contributed by atoms with Crippen LogP contribution in [-0.4, -0.2) is 102 Å². The zero-order chi connectivity index (χ0) is 39.1. The molecule has 16 heteroatoms. The van der Waals surface area contributed by atoms with Crippen LogP contribution in [0.1, 0.15) is 74.1 Å². The van der Waals surface area contributed by atoms with Gasteiger partial charge in [0.1, 0.15) is 35.1 Å². The average molecular weight is 758 g/mol. The van der Waals surface area contributed by atoms with Gasteiger partial charge in [-0.25, -0.2) is 18.2 Å². The Morgan fingerprint density at radius 3 is 2.36 bits per heavy atom. The van der Waals surface area contributed by atoms with Crippen LogP contribution in [0.25, 0.3) is 10.8 Å². The summed E-state index contributed by atoms with van der Waals surface area (Å²) >= 11 is 0. The van der Waals surface area contributed by atoms with E-state index in [9.17, 15) is 27.6 Å². The molecule has 0 spiro atoms. The lowest BCUT2D eigenvalue weighted by atomic mass is 10.1. The van der Waals surface area contributed by atoms with Crippen LogP contribution in [0.2, 0.25) is 0 Å². The summed E-state index contributed by atoms with van der Waals surface area (Å²) in [5.74, 6) is -1.86. The number of amides is 4. The molecular formula is C37H51N5O10S. The molecule has 3 fully saturated rings. The lowest BCUT2D eigenvalue weighted by Crippen LogP contribution is -2.60. The van der Waals surface area contributed by atoms with Crippen LogP contribution in [0, 0.1) is 5.92 Å². The summed E-state index contributed by atoms with van der Waals surface area (Å²) < 4.78 is 50.9. The third-order valence-corrected chi connectivity index (χ3v) is 11.1. The van der Waals surface area contributed by atoms with Crippen molar-refractivity contribution in [1.82, 2.24) is 25.2 Å². The molecule has 1 aliphatic heterocycles. The number of aromatic nitrogens is 1. The van der Waals surface area contributed by atoms with Crippen molar-refractivity contribution in [3.8, 4) is 11.6 Å². The minimum absolute atomic E-state index is 0.0176. The van der Waals surface area contributed by atoms with Crippen LogP contribution in [0.3, 0.4) is 0 Å². The molecule has 2 heterocycles. The fourth-order valence-corrected chi connectivity index (χ4v) is 7.88. The van der Waals surface area contributed by atoms with Crippen LogP contribution in [0.4, 0.5) is 4.79 Å². The van der Waals surface area contributed by atoms with Crippen LogP contribution in [0.5, 0.6) is 11.6 Å². The third kappa shape index (κ3) is 9.39. The van der Waals surface area contributed by atoms with Crippen LogP contribution < -0.4 is 24.8 Å². The third-order valence-electron chi connectivity index (χ3n) is 9.26. The number of hydrogen-bond acceptors (Lipinski definition) is 11. The van der Waals surface area contributed by atoms with Gasteiger partial charge in [-0.05, 0) is 97.4 Å². The lowest BCUT2D eigenvalue weighted by Gasteiger charge is -2.35. The summed E-state index contributed by atoms with van der Waals surface area (Å²) in [5, 5.41) is 6.24. The Morgan fingerprint density at radius 1 is 1.08 bits per heavy atom. The normalized spacial score (nSPS) is 24.1. The van der Waals surface area contributed by atoms with E-state index in [1.165, 1.54) is 11.0 Å². The molecule has 2 aromatic rings. The number of nitrogens with zero attached hydrogens (tertiary/aromatic N) is 2. The minimum Gasteiger partial charge on any atom is -0.497 e. The van der Waals surface area contributed by atoms with E-state index in [0.717, 1.165) is 5.39 Å². The van der Waals surface area contributed by atoms with E-state index >= 15 is 0 Å². The molecule has 15 nitrogen and oxygen atoms in total. The van der Waals surface area contributed by atoms with Crippen LogP contribution in [0.15, 0.2) is 43.1 Å². The van der Waals surface area contributed by atoms with Crippen molar-refractivity contribution in [2.45, 2.75) is 120 Å². The number of rotatable bonds is 13.